The number of hydrogen-bond acceptors (Lipinski definition) is 3. The van der Waals surface area contributed by atoms with Crippen molar-refractivity contribution in [2.45, 2.75) is 13.1 Å². The molecular formula is C23H20ClFN4. The van der Waals surface area contributed by atoms with Crippen LogP contribution in [0.4, 0.5) is 15.8 Å². The topological polar surface area (TPSA) is 55.9 Å². The Bertz CT molecular complexity index is 1120. The molecule has 6 heteroatoms. The zero-order valence-electron chi connectivity index (χ0n) is 15.6. The minimum Gasteiger partial charge on any atom is -0.398 e. The van der Waals surface area contributed by atoms with Crippen molar-refractivity contribution in [2.75, 3.05) is 11.1 Å². The highest BCUT2D eigenvalue weighted by atomic mass is 35.5. The van der Waals surface area contributed by atoms with Gasteiger partial charge in [-0.3, -0.25) is 0 Å². The van der Waals surface area contributed by atoms with Gasteiger partial charge in [-0.1, -0.05) is 54.1 Å². The van der Waals surface area contributed by atoms with Crippen molar-refractivity contribution in [1.29, 1.82) is 0 Å². The molecule has 0 radical (unpaired) electrons. The van der Waals surface area contributed by atoms with Crippen LogP contribution >= 0.6 is 11.6 Å². The summed E-state index contributed by atoms with van der Waals surface area (Å²) >= 11 is 5.84. The van der Waals surface area contributed by atoms with Crippen molar-refractivity contribution in [1.82, 2.24) is 9.55 Å². The molecule has 0 aliphatic heterocycles. The van der Waals surface area contributed by atoms with Crippen LogP contribution in [0.25, 0.3) is 11.1 Å². The molecule has 3 N–H and O–H groups in total. The van der Waals surface area contributed by atoms with Gasteiger partial charge in [-0.2, -0.15) is 0 Å². The molecule has 0 atom stereocenters. The van der Waals surface area contributed by atoms with Gasteiger partial charge in [0.1, 0.15) is 5.82 Å². The molecule has 0 fully saturated rings. The minimum atomic E-state index is -0.434. The number of nitrogens with two attached hydrogens (primary N) is 1. The van der Waals surface area contributed by atoms with Crippen molar-refractivity contribution in [3.63, 3.8) is 0 Å². The van der Waals surface area contributed by atoms with Crippen LogP contribution in [0.3, 0.4) is 0 Å². The number of rotatable bonds is 6. The summed E-state index contributed by atoms with van der Waals surface area (Å²) in [6.45, 7) is 1.14. The van der Waals surface area contributed by atoms with E-state index >= 15 is 0 Å². The second kappa shape index (κ2) is 8.37. The Labute approximate surface area is 173 Å². The fourth-order valence-electron chi connectivity index (χ4n) is 3.17. The number of halogens is 2. The fraction of sp³-hybridized carbons (Fsp3) is 0.0870. The van der Waals surface area contributed by atoms with E-state index in [0.717, 1.165) is 33.8 Å². The number of imidazole rings is 1. The van der Waals surface area contributed by atoms with Gasteiger partial charge in [-0.25, -0.2) is 9.37 Å². The lowest BCUT2D eigenvalue weighted by atomic mass is 10.0. The Hall–Kier alpha value is -3.31. The van der Waals surface area contributed by atoms with Crippen LogP contribution < -0.4 is 11.1 Å². The van der Waals surface area contributed by atoms with Crippen molar-refractivity contribution >= 4 is 23.0 Å². The van der Waals surface area contributed by atoms with Crippen LogP contribution in [-0.2, 0) is 13.1 Å². The zero-order valence-corrected chi connectivity index (χ0v) is 16.4. The average molecular weight is 407 g/mol. The molecule has 29 heavy (non-hydrogen) atoms. The van der Waals surface area contributed by atoms with Crippen LogP contribution in [0.15, 0.2) is 79.3 Å². The predicted octanol–water partition coefficient (Wildman–Crippen LogP) is 5.59. The smallest absolute Gasteiger partial charge is 0.141 e. The summed E-state index contributed by atoms with van der Waals surface area (Å²) in [6, 6.07) is 20.8. The van der Waals surface area contributed by atoms with Crippen LogP contribution in [0.5, 0.6) is 0 Å². The Morgan fingerprint density at radius 2 is 1.83 bits per heavy atom. The van der Waals surface area contributed by atoms with Crippen LogP contribution in [-0.4, -0.2) is 9.55 Å². The Morgan fingerprint density at radius 3 is 2.59 bits per heavy atom. The zero-order chi connectivity index (χ0) is 20.2. The Morgan fingerprint density at radius 1 is 1.00 bits per heavy atom. The number of anilines is 2. The second-order valence-corrected chi connectivity index (χ2v) is 7.18. The first-order valence-corrected chi connectivity index (χ1v) is 9.60. The van der Waals surface area contributed by atoms with Crippen molar-refractivity contribution < 1.29 is 4.39 Å². The first-order valence-electron chi connectivity index (χ1n) is 9.22. The normalized spacial score (nSPS) is 10.8. The highest BCUT2D eigenvalue weighted by molar-refractivity contribution is 6.31. The average Bonchev–Trinajstić information content (AvgIpc) is 3.18. The summed E-state index contributed by atoms with van der Waals surface area (Å²) in [4.78, 5) is 4.25. The molecule has 1 aromatic heterocycles. The number of nitrogen functional groups attached to an aromatic ring is 1. The molecule has 0 saturated carbocycles. The number of aromatic nitrogens is 2. The lowest BCUT2D eigenvalue weighted by Gasteiger charge is -2.13. The number of benzene rings is 3. The Kier molecular flexibility index (Phi) is 5.49. The first-order chi connectivity index (χ1) is 14.1. The maximum Gasteiger partial charge on any atom is 0.141 e. The van der Waals surface area contributed by atoms with Gasteiger partial charge in [-0.05, 0) is 41.0 Å². The standard InChI is InChI=1S/C23H20ClFN4/c24-21-11-19(8-9-22(21)25)28-13-20-12-27-15-29(20)14-18-7-6-17(10-23(18)26)16-4-2-1-3-5-16/h1-12,15,28H,13-14,26H2. The van der Waals surface area contributed by atoms with E-state index in [1.807, 2.05) is 28.8 Å². The molecule has 0 amide bonds. The van der Waals surface area contributed by atoms with E-state index in [-0.39, 0.29) is 5.02 Å². The summed E-state index contributed by atoms with van der Waals surface area (Å²) in [5, 5.41) is 3.34. The molecule has 1 heterocycles. The van der Waals surface area contributed by atoms with Gasteiger partial charge in [0.05, 0.1) is 30.1 Å². The molecule has 4 rings (SSSR count). The summed E-state index contributed by atoms with van der Waals surface area (Å²) in [7, 11) is 0. The van der Waals surface area contributed by atoms with E-state index < -0.39 is 5.82 Å². The maximum atomic E-state index is 13.3. The molecule has 146 valence electrons. The van der Waals surface area contributed by atoms with E-state index in [2.05, 4.69) is 34.6 Å². The van der Waals surface area contributed by atoms with Gasteiger partial charge in [0.25, 0.3) is 0 Å². The molecule has 3 aromatic carbocycles. The molecular weight excluding hydrogens is 387 g/mol. The van der Waals surface area contributed by atoms with Gasteiger partial charge in [0, 0.05) is 17.6 Å². The lowest BCUT2D eigenvalue weighted by molar-refractivity contribution is 0.628. The number of hydrogen-bond donors (Lipinski definition) is 2. The molecule has 0 bridgehead atoms. The molecule has 0 aliphatic rings. The van der Waals surface area contributed by atoms with Gasteiger partial charge < -0.3 is 15.6 Å². The SMILES string of the molecule is Nc1cc(-c2ccccc2)ccc1Cn1cncc1CNc1ccc(F)c(Cl)c1. The molecule has 4 nitrogen and oxygen atoms in total. The van der Waals surface area contributed by atoms with Gasteiger partial charge >= 0.3 is 0 Å². The highest BCUT2D eigenvalue weighted by Crippen LogP contribution is 2.25. The van der Waals surface area contributed by atoms with Gasteiger partial charge in [-0.15, -0.1) is 0 Å². The largest absolute Gasteiger partial charge is 0.398 e. The van der Waals surface area contributed by atoms with E-state index in [0.29, 0.717) is 13.1 Å². The third-order valence-electron chi connectivity index (χ3n) is 4.79. The van der Waals surface area contributed by atoms with Crippen molar-refractivity contribution in [2.24, 2.45) is 0 Å². The molecule has 4 aromatic rings. The monoisotopic (exact) mass is 406 g/mol. The first kappa shape index (κ1) is 19.0. The van der Waals surface area contributed by atoms with E-state index in [1.54, 1.807) is 24.7 Å². The second-order valence-electron chi connectivity index (χ2n) is 6.77. The third-order valence-corrected chi connectivity index (χ3v) is 5.08. The van der Waals surface area contributed by atoms with Crippen LogP contribution in [0.2, 0.25) is 5.02 Å². The van der Waals surface area contributed by atoms with Crippen molar-refractivity contribution in [3.8, 4) is 11.1 Å². The summed E-state index contributed by atoms with van der Waals surface area (Å²) in [5.41, 5.74) is 12.0. The summed E-state index contributed by atoms with van der Waals surface area (Å²) in [5.74, 6) is -0.434. The Balaban J connectivity index is 1.48. The summed E-state index contributed by atoms with van der Waals surface area (Å²) < 4.78 is 15.3. The summed E-state index contributed by atoms with van der Waals surface area (Å²) in [6.07, 6.45) is 3.58. The fourth-order valence-corrected chi connectivity index (χ4v) is 3.35. The van der Waals surface area contributed by atoms with Gasteiger partial charge in [0.15, 0.2) is 0 Å². The maximum absolute atomic E-state index is 13.3. The highest BCUT2D eigenvalue weighted by Gasteiger charge is 2.08. The molecule has 0 spiro atoms. The van der Waals surface area contributed by atoms with E-state index in [4.69, 9.17) is 17.3 Å². The van der Waals surface area contributed by atoms with Gasteiger partial charge in [0.2, 0.25) is 0 Å². The van der Waals surface area contributed by atoms with Crippen molar-refractivity contribution in [3.05, 3.63) is 101 Å². The molecule has 0 saturated heterocycles. The number of nitrogens with one attached hydrogen (secondary N) is 1. The molecule has 0 aliphatic carbocycles. The molecule has 0 unspecified atom stereocenters. The van der Waals surface area contributed by atoms with E-state index in [9.17, 15) is 4.39 Å². The van der Waals surface area contributed by atoms with Crippen LogP contribution in [0, 0.1) is 5.82 Å². The lowest BCUT2D eigenvalue weighted by Crippen LogP contribution is -2.09. The predicted molar refractivity (Wildman–Crippen MR) is 116 cm³/mol. The minimum absolute atomic E-state index is 0.0924. The van der Waals surface area contributed by atoms with E-state index in [1.165, 1.54) is 6.07 Å². The van der Waals surface area contributed by atoms with Crippen LogP contribution in [0.1, 0.15) is 11.3 Å². The number of nitrogens with zero attached hydrogens (tertiary/aromatic N) is 2. The third kappa shape index (κ3) is 4.41. The quantitative estimate of drug-likeness (QED) is 0.410.